The molecule has 0 fully saturated rings. The molecule has 26 heavy (non-hydrogen) atoms. The van der Waals surface area contributed by atoms with Crippen molar-refractivity contribution in [3.05, 3.63) is 75.8 Å². The summed E-state index contributed by atoms with van der Waals surface area (Å²) in [5.74, 6) is 0.461. The van der Waals surface area contributed by atoms with E-state index in [2.05, 4.69) is 15.5 Å². The first-order valence-corrected chi connectivity index (χ1v) is 8.57. The molecule has 0 radical (unpaired) electrons. The van der Waals surface area contributed by atoms with Gasteiger partial charge >= 0.3 is 0 Å². The van der Waals surface area contributed by atoms with Crippen LogP contribution in [0.15, 0.2) is 58.4 Å². The van der Waals surface area contributed by atoms with Crippen molar-refractivity contribution in [2.75, 3.05) is 0 Å². The van der Waals surface area contributed by atoms with Crippen molar-refractivity contribution in [2.24, 2.45) is 5.10 Å². The SMILES string of the molecule is C/C(=N/NC(=O)c1ccc2c(=O)n3c(nc2c1)CCC3)c1ccccc1. The number of carbonyl (C=O) groups excluding carboxylic acids is 1. The van der Waals surface area contributed by atoms with Crippen LogP contribution < -0.4 is 11.0 Å². The zero-order valence-electron chi connectivity index (χ0n) is 14.4. The first kappa shape index (κ1) is 16.2. The van der Waals surface area contributed by atoms with E-state index in [4.69, 9.17) is 0 Å². The highest BCUT2D eigenvalue weighted by atomic mass is 16.2. The van der Waals surface area contributed by atoms with Gasteiger partial charge in [-0.05, 0) is 37.1 Å². The van der Waals surface area contributed by atoms with Gasteiger partial charge in [0.1, 0.15) is 5.82 Å². The van der Waals surface area contributed by atoms with Crippen molar-refractivity contribution in [1.82, 2.24) is 15.0 Å². The number of benzene rings is 2. The fourth-order valence-corrected chi connectivity index (χ4v) is 3.17. The number of nitrogens with zero attached hydrogens (tertiary/aromatic N) is 3. The van der Waals surface area contributed by atoms with Crippen molar-refractivity contribution in [1.29, 1.82) is 0 Å². The standard InChI is InChI=1S/C20H18N4O2/c1-13(14-6-3-2-4-7-14)22-23-19(25)15-9-10-16-17(12-15)21-18-8-5-11-24(18)20(16)26/h2-4,6-7,9-10,12H,5,8,11H2,1H3,(H,23,25)/b22-13-. The second-order valence-corrected chi connectivity index (χ2v) is 6.32. The maximum Gasteiger partial charge on any atom is 0.271 e. The van der Waals surface area contributed by atoms with Gasteiger partial charge in [0.25, 0.3) is 11.5 Å². The molecule has 6 heteroatoms. The molecule has 0 bridgehead atoms. The Balaban J connectivity index is 1.61. The van der Waals surface area contributed by atoms with E-state index >= 15 is 0 Å². The van der Waals surface area contributed by atoms with Crippen LogP contribution in [-0.4, -0.2) is 21.2 Å². The van der Waals surface area contributed by atoms with Crippen molar-refractivity contribution in [3.8, 4) is 0 Å². The Hall–Kier alpha value is -3.28. The number of nitrogens with one attached hydrogen (secondary N) is 1. The largest absolute Gasteiger partial charge is 0.296 e. The highest BCUT2D eigenvalue weighted by Gasteiger charge is 2.17. The van der Waals surface area contributed by atoms with E-state index in [0.29, 0.717) is 28.7 Å². The third kappa shape index (κ3) is 2.90. The fourth-order valence-electron chi connectivity index (χ4n) is 3.17. The van der Waals surface area contributed by atoms with Crippen LogP contribution in [0.3, 0.4) is 0 Å². The molecule has 0 saturated carbocycles. The summed E-state index contributed by atoms with van der Waals surface area (Å²) in [5.41, 5.74) is 5.17. The molecule has 2 aromatic carbocycles. The maximum atomic E-state index is 12.5. The van der Waals surface area contributed by atoms with Crippen molar-refractivity contribution >= 4 is 22.5 Å². The molecule has 130 valence electrons. The van der Waals surface area contributed by atoms with Gasteiger partial charge in [-0.25, -0.2) is 10.4 Å². The average Bonchev–Trinajstić information content (AvgIpc) is 3.15. The van der Waals surface area contributed by atoms with E-state index in [1.54, 1.807) is 22.8 Å². The average molecular weight is 346 g/mol. The Morgan fingerprint density at radius 2 is 1.96 bits per heavy atom. The quantitative estimate of drug-likeness (QED) is 0.585. The predicted octanol–water partition coefficient (Wildman–Crippen LogP) is 2.50. The van der Waals surface area contributed by atoms with Crippen LogP contribution in [0.1, 0.15) is 35.1 Å². The number of rotatable bonds is 3. The summed E-state index contributed by atoms with van der Waals surface area (Å²) in [4.78, 5) is 29.4. The Morgan fingerprint density at radius 3 is 2.77 bits per heavy atom. The summed E-state index contributed by atoms with van der Waals surface area (Å²) < 4.78 is 1.72. The minimum Gasteiger partial charge on any atom is -0.296 e. The predicted molar refractivity (Wildman–Crippen MR) is 100 cm³/mol. The van der Waals surface area contributed by atoms with Crippen LogP contribution in [0, 0.1) is 0 Å². The summed E-state index contributed by atoms with van der Waals surface area (Å²) in [5, 5.41) is 4.70. The van der Waals surface area contributed by atoms with Gasteiger partial charge in [0.2, 0.25) is 0 Å². The minimum absolute atomic E-state index is 0.0348. The van der Waals surface area contributed by atoms with Crippen molar-refractivity contribution in [3.63, 3.8) is 0 Å². The zero-order chi connectivity index (χ0) is 18.1. The molecule has 0 atom stereocenters. The Morgan fingerprint density at radius 1 is 1.15 bits per heavy atom. The van der Waals surface area contributed by atoms with Crippen molar-refractivity contribution < 1.29 is 4.79 Å². The molecule has 2 heterocycles. The topological polar surface area (TPSA) is 76.3 Å². The lowest BCUT2D eigenvalue weighted by Gasteiger charge is -2.07. The number of fused-ring (bicyclic) bond motifs is 2. The van der Waals surface area contributed by atoms with Gasteiger partial charge in [0.15, 0.2) is 0 Å². The molecule has 6 nitrogen and oxygen atoms in total. The molecule has 1 aliphatic heterocycles. The van der Waals surface area contributed by atoms with Crippen LogP contribution in [0.5, 0.6) is 0 Å². The van der Waals surface area contributed by atoms with Crippen LogP contribution in [-0.2, 0) is 13.0 Å². The zero-order valence-corrected chi connectivity index (χ0v) is 14.4. The van der Waals surface area contributed by atoms with Crippen LogP contribution in [0.25, 0.3) is 10.9 Å². The molecule has 3 aromatic rings. The lowest BCUT2D eigenvalue weighted by Crippen LogP contribution is -2.22. The van der Waals surface area contributed by atoms with Crippen LogP contribution >= 0.6 is 0 Å². The second kappa shape index (κ2) is 6.55. The number of amides is 1. The lowest BCUT2D eigenvalue weighted by atomic mass is 10.1. The number of hydrogen-bond donors (Lipinski definition) is 1. The monoisotopic (exact) mass is 346 g/mol. The second-order valence-electron chi connectivity index (χ2n) is 6.32. The molecule has 0 saturated heterocycles. The van der Waals surface area contributed by atoms with Gasteiger partial charge in [-0.2, -0.15) is 5.10 Å². The first-order chi connectivity index (χ1) is 12.6. The summed E-state index contributed by atoms with van der Waals surface area (Å²) >= 11 is 0. The molecule has 0 spiro atoms. The summed E-state index contributed by atoms with van der Waals surface area (Å²) in [6, 6.07) is 14.6. The minimum atomic E-state index is -0.329. The van der Waals surface area contributed by atoms with Gasteiger partial charge < -0.3 is 0 Å². The third-order valence-corrected chi connectivity index (χ3v) is 4.60. The van der Waals surface area contributed by atoms with Gasteiger partial charge in [-0.1, -0.05) is 30.3 Å². The van der Waals surface area contributed by atoms with Gasteiger partial charge in [-0.3, -0.25) is 14.2 Å². The molecule has 4 rings (SSSR count). The van der Waals surface area contributed by atoms with Crippen LogP contribution in [0.4, 0.5) is 0 Å². The number of aromatic nitrogens is 2. The third-order valence-electron chi connectivity index (χ3n) is 4.60. The van der Waals surface area contributed by atoms with Gasteiger partial charge in [-0.15, -0.1) is 0 Å². The van der Waals surface area contributed by atoms with E-state index in [9.17, 15) is 9.59 Å². The van der Waals surface area contributed by atoms with E-state index in [-0.39, 0.29) is 11.5 Å². The smallest absolute Gasteiger partial charge is 0.271 e. The van der Waals surface area contributed by atoms with E-state index in [1.165, 1.54) is 0 Å². The number of hydrazone groups is 1. The van der Waals surface area contributed by atoms with Gasteiger partial charge in [0, 0.05) is 18.5 Å². The maximum absolute atomic E-state index is 12.5. The molecule has 1 amide bonds. The summed E-state index contributed by atoms with van der Waals surface area (Å²) in [6.07, 6.45) is 1.72. The van der Waals surface area contributed by atoms with Gasteiger partial charge in [0.05, 0.1) is 16.6 Å². The van der Waals surface area contributed by atoms with E-state index < -0.39 is 0 Å². The molecule has 1 N–H and O–H groups in total. The fraction of sp³-hybridized carbons (Fsp3) is 0.200. The molecular weight excluding hydrogens is 328 g/mol. The highest BCUT2D eigenvalue weighted by molar-refractivity contribution is 6.01. The molecule has 0 unspecified atom stereocenters. The lowest BCUT2D eigenvalue weighted by molar-refractivity contribution is 0.0955. The number of hydrogen-bond acceptors (Lipinski definition) is 4. The Labute approximate surface area is 150 Å². The normalized spacial score (nSPS) is 13.7. The Bertz CT molecular complexity index is 1080. The first-order valence-electron chi connectivity index (χ1n) is 8.57. The van der Waals surface area contributed by atoms with Crippen LogP contribution in [0.2, 0.25) is 0 Å². The molecule has 0 aliphatic carbocycles. The van der Waals surface area contributed by atoms with E-state index in [1.807, 2.05) is 37.3 Å². The Kier molecular flexibility index (Phi) is 4.08. The number of carbonyl (C=O) groups is 1. The number of aryl methyl sites for hydroxylation is 1. The highest BCUT2D eigenvalue weighted by Crippen LogP contribution is 2.16. The molecular formula is C20H18N4O2. The van der Waals surface area contributed by atoms with E-state index in [0.717, 1.165) is 24.2 Å². The summed E-state index contributed by atoms with van der Waals surface area (Å²) in [6.45, 7) is 2.55. The molecule has 1 aromatic heterocycles. The van der Waals surface area contributed by atoms with Crippen molar-refractivity contribution in [2.45, 2.75) is 26.3 Å². The summed E-state index contributed by atoms with van der Waals surface area (Å²) in [7, 11) is 0. The molecule has 1 aliphatic rings.